The van der Waals surface area contributed by atoms with E-state index in [1.165, 1.54) is 5.56 Å². The summed E-state index contributed by atoms with van der Waals surface area (Å²) in [5.74, 6) is 0.583. The van der Waals surface area contributed by atoms with Crippen molar-refractivity contribution in [1.82, 2.24) is 5.16 Å². The number of benzene rings is 3. The summed E-state index contributed by atoms with van der Waals surface area (Å²) in [6.07, 6.45) is 0. The summed E-state index contributed by atoms with van der Waals surface area (Å²) in [4.78, 5) is 13.0. The van der Waals surface area contributed by atoms with E-state index >= 15 is 0 Å². The zero-order valence-corrected chi connectivity index (χ0v) is 16.2. The molecule has 0 bridgehead atoms. The van der Waals surface area contributed by atoms with Crippen LogP contribution in [0.2, 0.25) is 0 Å². The van der Waals surface area contributed by atoms with Gasteiger partial charge in [0.15, 0.2) is 5.58 Å². The van der Waals surface area contributed by atoms with Crippen molar-refractivity contribution < 1.29 is 14.1 Å². The molecule has 1 heterocycles. The smallest absolute Gasteiger partial charge is 0.338 e. The lowest BCUT2D eigenvalue weighted by Gasteiger charge is -2.04. The summed E-state index contributed by atoms with van der Waals surface area (Å²) in [5.41, 5.74) is 4.23. The van der Waals surface area contributed by atoms with Crippen LogP contribution < -0.4 is 0 Å². The molecule has 0 amide bonds. The molecule has 0 N–H and O–H groups in total. The summed E-state index contributed by atoms with van der Waals surface area (Å²) in [5, 5.41) is 5.20. The lowest BCUT2D eigenvalue weighted by molar-refractivity contribution is 0.0526. The van der Waals surface area contributed by atoms with Crippen molar-refractivity contribution in [3.63, 3.8) is 0 Å². The van der Waals surface area contributed by atoms with Crippen LogP contribution in [0.1, 0.15) is 22.8 Å². The number of thioether (sulfide) groups is 1. The third-order valence-corrected chi connectivity index (χ3v) is 5.42. The number of ether oxygens (including phenoxy) is 1. The number of hydrogen-bond acceptors (Lipinski definition) is 5. The monoisotopic (exact) mass is 389 g/mol. The number of carbonyl (C=O) groups is 1. The second kappa shape index (κ2) is 8.31. The average Bonchev–Trinajstić information content (AvgIpc) is 3.16. The van der Waals surface area contributed by atoms with Gasteiger partial charge in [0.2, 0.25) is 0 Å². The molecule has 0 atom stereocenters. The van der Waals surface area contributed by atoms with Crippen LogP contribution in [0.15, 0.2) is 82.2 Å². The van der Waals surface area contributed by atoms with Crippen LogP contribution in [0.3, 0.4) is 0 Å². The van der Waals surface area contributed by atoms with Gasteiger partial charge in [0, 0.05) is 16.2 Å². The summed E-state index contributed by atoms with van der Waals surface area (Å²) >= 11 is 1.78. The molecule has 0 unspecified atom stereocenters. The van der Waals surface area contributed by atoms with E-state index in [9.17, 15) is 4.79 Å². The molecule has 4 rings (SSSR count). The molecule has 140 valence electrons. The number of aromatic nitrogens is 1. The summed E-state index contributed by atoms with van der Waals surface area (Å²) in [6, 6.07) is 23.7. The number of rotatable bonds is 6. The van der Waals surface area contributed by atoms with Crippen LogP contribution in [0.5, 0.6) is 0 Å². The second-order valence-corrected chi connectivity index (χ2v) is 7.31. The van der Waals surface area contributed by atoms with Gasteiger partial charge in [0.05, 0.1) is 17.6 Å². The zero-order valence-electron chi connectivity index (χ0n) is 15.4. The van der Waals surface area contributed by atoms with E-state index in [-0.39, 0.29) is 5.97 Å². The van der Waals surface area contributed by atoms with E-state index in [2.05, 4.69) is 41.6 Å². The maximum atomic E-state index is 11.8. The van der Waals surface area contributed by atoms with Crippen molar-refractivity contribution in [2.24, 2.45) is 0 Å². The van der Waals surface area contributed by atoms with Crippen LogP contribution in [-0.2, 0) is 10.5 Å². The number of fused-ring (bicyclic) bond motifs is 1. The lowest BCUT2D eigenvalue weighted by Crippen LogP contribution is -2.03. The van der Waals surface area contributed by atoms with Gasteiger partial charge in [-0.3, -0.25) is 0 Å². The standard InChI is InChI=1S/C23H19NO3S/c1-2-26-23(25)18-10-8-17(9-11-18)22-20-14-19(12-13-21(20)27-24-22)28-15-16-6-4-3-5-7-16/h3-14H,2,15H2,1H3. The highest BCUT2D eigenvalue weighted by Crippen LogP contribution is 2.32. The zero-order chi connectivity index (χ0) is 19.3. The predicted octanol–water partition coefficient (Wildman–Crippen LogP) is 5.96. The summed E-state index contributed by atoms with van der Waals surface area (Å²) in [7, 11) is 0. The first kappa shape index (κ1) is 18.3. The molecule has 0 saturated carbocycles. The maximum Gasteiger partial charge on any atom is 0.338 e. The third kappa shape index (κ3) is 3.94. The van der Waals surface area contributed by atoms with E-state index in [0.717, 1.165) is 32.9 Å². The van der Waals surface area contributed by atoms with Gasteiger partial charge in [-0.15, -0.1) is 11.8 Å². The van der Waals surface area contributed by atoms with Crippen LogP contribution in [0.25, 0.3) is 22.2 Å². The normalized spacial score (nSPS) is 10.9. The van der Waals surface area contributed by atoms with Gasteiger partial charge in [-0.25, -0.2) is 4.79 Å². The molecule has 0 spiro atoms. The molecule has 0 aliphatic heterocycles. The van der Waals surface area contributed by atoms with E-state index in [0.29, 0.717) is 12.2 Å². The largest absolute Gasteiger partial charge is 0.462 e. The van der Waals surface area contributed by atoms with E-state index in [1.807, 2.05) is 24.3 Å². The first-order valence-corrected chi connectivity index (χ1v) is 10.1. The van der Waals surface area contributed by atoms with Gasteiger partial charge in [0.1, 0.15) is 5.69 Å². The van der Waals surface area contributed by atoms with E-state index in [1.54, 1.807) is 30.8 Å². The molecule has 0 aliphatic carbocycles. The molecule has 4 nitrogen and oxygen atoms in total. The Morgan fingerprint density at radius 2 is 1.82 bits per heavy atom. The minimum absolute atomic E-state index is 0.321. The number of hydrogen-bond donors (Lipinski definition) is 0. The van der Waals surface area contributed by atoms with Crippen molar-refractivity contribution in [3.8, 4) is 11.3 Å². The average molecular weight is 389 g/mol. The molecule has 0 fully saturated rings. The van der Waals surface area contributed by atoms with Gasteiger partial charge < -0.3 is 9.26 Å². The Morgan fingerprint density at radius 3 is 2.57 bits per heavy atom. The highest BCUT2D eigenvalue weighted by molar-refractivity contribution is 7.98. The quantitative estimate of drug-likeness (QED) is 0.301. The van der Waals surface area contributed by atoms with Gasteiger partial charge in [0.25, 0.3) is 0 Å². The van der Waals surface area contributed by atoms with Crippen molar-refractivity contribution in [1.29, 1.82) is 0 Å². The molecule has 1 aromatic heterocycles. The first-order valence-electron chi connectivity index (χ1n) is 9.08. The number of nitrogens with zero attached hydrogens (tertiary/aromatic N) is 1. The molecule has 0 aliphatic rings. The predicted molar refractivity (Wildman–Crippen MR) is 111 cm³/mol. The Hall–Kier alpha value is -3.05. The Morgan fingerprint density at radius 1 is 1.04 bits per heavy atom. The Kier molecular flexibility index (Phi) is 5.44. The summed E-state index contributed by atoms with van der Waals surface area (Å²) in [6.45, 7) is 2.15. The van der Waals surface area contributed by atoms with E-state index in [4.69, 9.17) is 9.26 Å². The number of esters is 1. The van der Waals surface area contributed by atoms with Gasteiger partial charge >= 0.3 is 5.97 Å². The molecule has 3 aromatic carbocycles. The van der Waals surface area contributed by atoms with Gasteiger partial charge in [-0.05, 0) is 42.8 Å². The maximum absolute atomic E-state index is 11.8. The van der Waals surface area contributed by atoms with Crippen LogP contribution in [0.4, 0.5) is 0 Å². The fourth-order valence-corrected chi connectivity index (χ4v) is 3.83. The molecular formula is C23H19NO3S. The van der Waals surface area contributed by atoms with Gasteiger partial charge in [-0.1, -0.05) is 47.6 Å². The van der Waals surface area contributed by atoms with Gasteiger partial charge in [-0.2, -0.15) is 0 Å². The minimum atomic E-state index is -0.321. The Balaban J connectivity index is 1.58. The van der Waals surface area contributed by atoms with E-state index < -0.39 is 0 Å². The van der Waals surface area contributed by atoms with Crippen molar-refractivity contribution in [2.45, 2.75) is 17.6 Å². The lowest BCUT2D eigenvalue weighted by atomic mass is 10.1. The SMILES string of the molecule is CCOC(=O)c1ccc(-c2noc3ccc(SCc4ccccc4)cc23)cc1. The van der Waals surface area contributed by atoms with Crippen molar-refractivity contribution in [3.05, 3.63) is 83.9 Å². The first-order chi connectivity index (χ1) is 13.7. The Bertz CT molecular complexity index is 1090. The molecule has 4 aromatic rings. The van der Waals surface area contributed by atoms with Crippen molar-refractivity contribution >= 4 is 28.7 Å². The molecular weight excluding hydrogens is 370 g/mol. The van der Waals surface area contributed by atoms with Crippen LogP contribution in [-0.4, -0.2) is 17.7 Å². The third-order valence-electron chi connectivity index (χ3n) is 4.36. The fourth-order valence-electron chi connectivity index (χ4n) is 2.94. The second-order valence-electron chi connectivity index (χ2n) is 6.26. The van der Waals surface area contributed by atoms with Crippen LogP contribution in [0, 0.1) is 0 Å². The highest BCUT2D eigenvalue weighted by Gasteiger charge is 2.13. The summed E-state index contributed by atoms with van der Waals surface area (Å²) < 4.78 is 10.5. The number of carbonyl (C=O) groups excluding carboxylic acids is 1. The minimum Gasteiger partial charge on any atom is -0.462 e. The topological polar surface area (TPSA) is 52.3 Å². The fraction of sp³-hybridized carbons (Fsp3) is 0.130. The van der Waals surface area contributed by atoms with Crippen molar-refractivity contribution in [2.75, 3.05) is 6.61 Å². The van der Waals surface area contributed by atoms with Crippen LogP contribution >= 0.6 is 11.8 Å². The molecule has 5 heteroatoms. The Labute approximate surface area is 167 Å². The molecule has 0 radical (unpaired) electrons. The molecule has 0 saturated heterocycles. The molecule has 28 heavy (non-hydrogen) atoms. The highest BCUT2D eigenvalue weighted by atomic mass is 32.2.